The summed E-state index contributed by atoms with van der Waals surface area (Å²) in [6.07, 6.45) is -3.26. The van der Waals surface area contributed by atoms with Crippen LogP contribution in [-0.2, 0) is 11.0 Å². The highest BCUT2D eigenvalue weighted by molar-refractivity contribution is 7.10. The Morgan fingerprint density at radius 2 is 1.95 bits per heavy atom. The van der Waals surface area contributed by atoms with Crippen LogP contribution in [0, 0.1) is 6.92 Å². The lowest BCUT2D eigenvalue weighted by Crippen LogP contribution is -2.58. The lowest BCUT2D eigenvalue weighted by atomic mass is 10.0. The number of carboxylic acids is 1. The third kappa shape index (κ3) is 5.50. The molecule has 2 aromatic heterocycles. The minimum atomic E-state index is -4.60. The van der Waals surface area contributed by atoms with Gasteiger partial charge in [0.1, 0.15) is 5.75 Å². The second-order valence-electron chi connectivity index (χ2n) is 9.96. The fourth-order valence-corrected chi connectivity index (χ4v) is 6.44. The van der Waals surface area contributed by atoms with E-state index in [9.17, 15) is 23.1 Å². The van der Waals surface area contributed by atoms with E-state index in [2.05, 4.69) is 9.88 Å². The number of piperazine rings is 1. The Bertz CT molecular complexity index is 1480. The lowest BCUT2D eigenvalue weighted by Gasteiger charge is -2.47. The van der Waals surface area contributed by atoms with E-state index in [0.717, 1.165) is 23.4 Å². The number of carbonyl (C=O) groups is 1. The topological polar surface area (TPSA) is 90.7 Å². The van der Waals surface area contributed by atoms with Gasteiger partial charge in [-0.3, -0.25) is 9.69 Å². The van der Waals surface area contributed by atoms with E-state index in [-0.39, 0.29) is 23.9 Å². The van der Waals surface area contributed by atoms with E-state index in [4.69, 9.17) is 14.5 Å². The summed E-state index contributed by atoms with van der Waals surface area (Å²) in [4.78, 5) is 27.8. The Hall–Kier alpha value is -4.00. The average Bonchev–Trinajstić information content (AvgIpc) is 3.32. The molecule has 2 atom stereocenters. The highest BCUT2D eigenvalue weighted by Gasteiger charge is 2.41. The predicted molar refractivity (Wildman–Crippen MR) is 151 cm³/mol. The zero-order valence-electron chi connectivity index (χ0n) is 23.0. The number of pyridine rings is 1. The molecular formula is C28H30F3N5O4S. The Labute approximate surface area is 239 Å². The van der Waals surface area contributed by atoms with Crippen molar-refractivity contribution in [3.8, 4) is 11.6 Å². The number of ether oxygens (including phenoxy) is 2. The number of fused-ring (bicyclic) bond motifs is 1. The second-order valence-corrected chi connectivity index (χ2v) is 10.9. The molecule has 3 aromatic rings. The number of aromatic nitrogens is 1. The highest BCUT2D eigenvalue weighted by Crippen LogP contribution is 2.48. The third-order valence-electron chi connectivity index (χ3n) is 7.31. The molecule has 0 amide bonds. The molecule has 41 heavy (non-hydrogen) atoms. The first-order chi connectivity index (χ1) is 19.5. The molecule has 4 heterocycles. The summed E-state index contributed by atoms with van der Waals surface area (Å²) in [5.74, 6) is -0.00217. The van der Waals surface area contributed by atoms with Crippen LogP contribution in [0.25, 0.3) is 0 Å². The van der Waals surface area contributed by atoms with Gasteiger partial charge in [-0.2, -0.15) is 13.2 Å². The summed E-state index contributed by atoms with van der Waals surface area (Å²) < 4.78 is 52.4. The zero-order valence-corrected chi connectivity index (χ0v) is 23.8. The molecule has 1 aromatic carbocycles. The Morgan fingerprint density at radius 1 is 1.17 bits per heavy atom. The standard InChI is InChI=1S/C28H30F3N5O4S/c1-16-15-41-26-21(13-24(37)38)36(20-11-18(28(29,30)31)5-6-22(20)39-3)27(33-25(16)26)34-9-10-35(17(2)14-34)19-7-8-32-23(12-19)40-4/h5-8,11-12,15,17,21H,9-10,13-14H2,1-4H3,(H,37,38). The van der Waals surface area contributed by atoms with Crippen LogP contribution in [0.2, 0.25) is 0 Å². The van der Waals surface area contributed by atoms with Gasteiger partial charge in [-0.25, -0.2) is 9.98 Å². The van der Waals surface area contributed by atoms with Crippen molar-refractivity contribution in [1.82, 2.24) is 9.88 Å². The van der Waals surface area contributed by atoms with Gasteiger partial charge in [0, 0.05) is 43.6 Å². The van der Waals surface area contributed by atoms with Crippen LogP contribution in [-0.4, -0.2) is 66.8 Å². The number of anilines is 2. The monoisotopic (exact) mass is 589 g/mol. The molecule has 0 spiro atoms. The SMILES string of the molecule is COc1cc(N2CCN(C3=Nc4c(C)csc4C(CC(=O)O)N3c3cc(C(F)(F)F)ccc3OC)CC2C)ccn1. The van der Waals surface area contributed by atoms with Gasteiger partial charge < -0.3 is 24.4 Å². The number of aliphatic imine (C=N–C) groups is 1. The molecule has 9 nitrogen and oxygen atoms in total. The van der Waals surface area contributed by atoms with Crippen molar-refractivity contribution in [1.29, 1.82) is 0 Å². The number of carboxylic acid groups (broad SMARTS) is 1. The molecule has 0 radical (unpaired) electrons. The molecule has 1 N–H and O–H groups in total. The number of aryl methyl sites for hydroxylation is 1. The number of benzene rings is 1. The first kappa shape index (κ1) is 28.5. The van der Waals surface area contributed by atoms with Crippen molar-refractivity contribution >= 4 is 40.3 Å². The van der Waals surface area contributed by atoms with Gasteiger partial charge in [0.2, 0.25) is 11.8 Å². The normalized spacial score (nSPS) is 19.1. The smallest absolute Gasteiger partial charge is 0.416 e. The fourth-order valence-electron chi connectivity index (χ4n) is 5.36. The second kappa shape index (κ2) is 11.1. The van der Waals surface area contributed by atoms with E-state index >= 15 is 0 Å². The number of alkyl halides is 3. The van der Waals surface area contributed by atoms with Crippen molar-refractivity contribution in [2.45, 2.75) is 38.5 Å². The van der Waals surface area contributed by atoms with E-state index in [1.54, 1.807) is 18.2 Å². The molecule has 1 fully saturated rings. The van der Waals surface area contributed by atoms with Gasteiger partial charge >= 0.3 is 12.1 Å². The molecule has 13 heteroatoms. The van der Waals surface area contributed by atoms with Crippen LogP contribution in [0.3, 0.4) is 0 Å². The van der Waals surface area contributed by atoms with Gasteiger partial charge in [-0.1, -0.05) is 0 Å². The first-order valence-electron chi connectivity index (χ1n) is 13.0. The van der Waals surface area contributed by atoms with Gasteiger partial charge in [0.15, 0.2) is 0 Å². The van der Waals surface area contributed by atoms with E-state index in [0.29, 0.717) is 42.0 Å². The average molecular weight is 590 g/mol. The van der Waals surface area contributed by atoms with Crippen molar-refractivity contribution < 1.29 is 32.5 Å². The van der Waals surface area contributed by atoms with E-state index in [1.807, 2.05) is 36.3 Å². The van der Waals surface area contributed by atoms with Crippen LogP contribution in [0.4, 0.5) is 30.2 Å². The number of thiophene rings is 1. The summed E-state index contributed by atoms with van der Waals surface area (Å²) in [6.45, 7) is 5.50. The molecular weight excluding hydrogens is 559 g/mol. The summed E-state index contributed by atoms with van der Waals surface area (Å²) >= 11 is 1.35. The summed E-state index contributed by atoms with van der Waals surface area (Å²) in [6, 6.07) is 6.18. The molecule has 0 aliphatic carbocycles. The number of rotatable bonds is 6. The van der Waals surface area contributed by atoms with Gasteiger partial charge in [0.05, 0.1) is 48.5 Å². The van der Waals surface area contributed by atoms with Gasteiger partial charge in [-0.15, -0.1) is 11.3 Å². The molecule has 2 aliphatic heterocycles. The van der Waals surface area contributed by atoms with Crippen molar-refractivity contribution in [2.24, 2.45) is 4.99 Å². The largest absolute Gasteiger partial charge is 0.495 e. The number of guanidine groups is 1. The molecule has 2 aliphatic rings. The molecule has 0 bridgehead atoms. The maximum absolute atomic E-state index is 13.9. The minimum Gasteiger partial charge on any atom is -0.495 e. The highest BCUT2D eigenvalue weighted by atomic mass is 32.1. The number of methoxy groups -OCH3 is 2. The minimum absolute atomic E-state index is 0.0216. The first-order valence-corrected chi connectivity index (χ1v) is 13.8. The summed E-state index contributed by atoms with van der Waals surface area (Å²) in [5.41, 5.74) is 1.72. The molecule has 218 valence electrons. The Balaban J connectivity index is 1.60. The van der Waals surface area contributed by atoms with E-state index < -0.39 is 23.8 Å². The van der Waals surface area contributed by atoms with E-state index in [1.165, 1.54) is 24.5 Å². The third-order valence-corrected chi connectivity index (χ3v) is 8.51. The van der Waals surface area contributed by atoms with Crippen LogP contribution in [0.5, 0.6) is 11.6 Å². The number of hydrogen-bond acceptors (Lipinski definition) is 9. The summed E-state index contributed by atoms with van der Waals surface area (Å²) in [7, 11) is 2.93. The maximum Gasteiger partial charge on any atom is 0.416 e. The lowest BCUT2D eigenvalue weighted by molar-refractivity contribution is -0.138. The van der Waals surface area contributed by atoms with Crippen molar-refractivity contribution in [3.05, 3.63) is 57.9 Å². The van der Waals surface area contributed by atoms with Crippen LogP contribution >= 0.6 is 11.3 Å². The quantitative estimate of drug-likeness (QED) is 0.391. The van der Waals surface area contributed by atoms with Gasteiger partial charge in [-0.05, 0) is 49.1 Å². The maximum atomic E-state index is 13.9. The molecule has 0 saturated carbocycles. The molecule has 1 saturated heterocycles. The number of aliphatic carboxylic acids is 1. The number of hydrogen-bond donors (Lipinski definition) is 1. The zero-order chi connectivity index (χ0) is 29.5. The predicted octanol–water partition coefficient (Wildman–Crippen LogP) is 5.72. The fraction of sp³-hybridized carbons (Fsp3) is 0.393. The molecule has 5 rings (SSSR count). The molecule has 2 unspecified atom stereocenters. The number of nitrogens with zero attached hydrogens (tertiary/aromatic N) is 5. The van der Waals surface area contributed by atoms with Crippen molar-refractivity contribution in [3.63, 3.8) is 0 Å². The Morgan fingerprint density at radius 3 is 2.61 bits per heavy atom. The van der Waals surface area contributed by atoms with Gasteiger partial charge in [0.25, 0.3) is 0 Å². The Kier molecular flexibility index (Phi) is 7.73. The van der Waals surface area contributed by atoms with Crippen LogP contribution in [0.1, 0.15) is 35.4 Å². The van der Waals surface area contributed by atoms with Crippen molar-refractivity contribution in [2.75, 3.05) is 43.7 Å². The van der Waals surface area contributed by atoms with Crippen LogP contribution < -0.4 is 19.3 Å². The van der Waals surface area contributed by atoms with Crippen LogP contribution in [0.15, 0.2) is 46.9 Å². The number of halogens is 3. The summed E-state index contributed by atoms with van der Waals surface area (Å²) in [5, 5.41) is 11.8.